The van der Waals surface area contributed by atoms with Gasteiger partial charge in [-0.2, -0.15) is 0 Å². The number of hydrogen-bond donors (Lipinski definition) is 1. The molecule has 0 amide bonds. The second-order valence-corrected chi connectivity index (χ2v) is 4.96. The largest absolute Gasteiger partial charge is 0.379 e. The van der Waals surface area contributed by atoms with Crippen LogP contribution < -0.4 is 5.32 Å². The Morgan fingerprint density at radius 3 is 2.89 bits per heavy atom. The van der Waals surface area contributed by atoms with Gasteiger partial charge in [0.15, 0.2) is 0 Å². The van der Waals surface area contributed by atoms with Crippen LogP contribution in [0.3, 0.4) is 0 Å². The van der Waals surface area contributed by atoms with Gasteiger partial charge in [0.2, 0.25) is 0 Å². The first kappa shape index (κ1) is 14.3. The summed E-state index contributed by atoms with van der Waals surface area (Å²) in [5.74, 6) is 0.143. The van der Waals surface area contributed by atoms with Crippen molar-refractivity contribution in [2.45, 2.75) is 19.3 Å². The second-order valence-electron chi connectivity index (χ2n) is 4.52. The molecular formula is C13H20N4OS. The average Bonchev–Trinajstić information content (AvgIpc) is 2.48. The summed E-state index contributed by atoms with van der Waals surface area (Å²) >= 11 is 5.49. The molecule has 1 unspecified atom stereocenters. The van der Waals surface area contributed by atoms with E-state index in [1.165, 1.54) is 0 Å². The Morgan fingerprint density at radius 1 is 1.47 bits per heavy atom. The Kier molecular flexibility index (Phi) is 5.62. The van der Waals surface area contributed by atoms with Crippen molar-refractivity contribution in [1.82, 2.24) is 20.2 Å². The lowest BCUT2D eigenvalue weighted by molar-refractivity contribution is 0.0366. The molecule has 1 N–H and O–H groups in total. The summed E-state index contributed by atoms with van der Waals surface area (Å²) < 4.78 is 5.32. The highest BCUT2D eigenvalue weighted by molar-refractivity contribution is 7.80. The number of thiocarbonyl (C=S) groups is 1. The molecule has 2 rings (SSSR count). The summed E-state index contributed by atoms with van der Waals surface area (Å²) in [6.45, 7) is 6.40. The summed E-state index contributed by atoms with van der Waals surface area (Å²) in [6, 6.07) is 0. The molecule has 2 heterocycles. The van der Waals surface area contributed by atoms with E-state index < -0.39 is 0 Å². The molecule has 1 aliphatic rings. The summed E-state index contributed by atoms with van der Waals surface area (Å²) in [5.41, 5.74) is 0.935. The fourth-order valence-electron chi connectivity index (χ4n) is 2.09. The molecule has 1 aromatic heterocycles. The topological polar surface area (TPSA) is 50.3 Å². The van der Waals surface area contributed by atoms with Crippen LogP contribution in [0, 0.1) is 0 Å². The van der Waals surface area contributed by atoms with Crippen molar-refractivity contribution in [3.8, 4) is 0 Å². The lowest BCUT2D eigenvalue weighted by Gasteiger charge is -2.28. The Bertz CT molecular complexity index is 395. The SMILES string of the molecule is CCC(C(=S)NCN1CCOCC1)c1cnccn1. The molecule has 0 aromatic carbocycles. The second kappa shape index (κ2) is 7.47. The molecule has 0 spiro atoms. The fraction of sp³-hybridized carbons (Fsp3) is 0.615. The van der Waals surface area contributed by atoms with E-state index in [2.05, 4.69) is 27.1 Å². The van der Waals surface area contributed by atoms with Crippen molar-refractivity contribution >= 4 is 17.2 Å². The molecule has 1 atom stereocenters. The third-order valence-electron chi connectivity index (χ3n) is 3.25. The van der Waals surface area contributed by atoms with Gasteiger partial charge in [-0.3, -0.25) is 14.9 Å². The first-order chi connectivity index (χ1) is 9.31. The van der Waals surface area contributed by atoms with E-state index in [-0.39, 0.29) is 5.92 Å². The summed E-state index contributed by atoms with van der Waals surface area (Å²) in [7, 11) is 0. The number of nitrogens with zero attached hydrogens (tertiary/aromatic N) is 3. The molecule has 19 heavy (non-hydrogen) atoms. The third kappa shape index (κ3) is 4.19. The van der Waals surface area contributed by atoms with Gasteiger partial charge in [0.05, 0.1) is 36.5 Å². The minimum absolute atomic E-state index is 0.143. The summed E-state index contributed by atoms with van der Waals surface area (Å²) in [4.78, 5) is 11.6. The highest BCUT2D eigenvalue weighted by atomic mass is 32.1. The van der Waals surface area contributed by atoms with Crippen LogP contribution in [-0.4, -0.2) is 52.8 Å². The maximum atomic E-state index is 5.49. The number of morpholine rings is 1. The Labute approximate surface area is 119 Å². The maximum absolute atomic E-state index is 5.49. The smallest absolute Gasteiger partial charge is 0.0855 e. The van der Waals surface area contributed by atoms with Crippen molar-refractivity contribution in [3.63, 3.8) is 0 Å². The van der Waals surface area contributed by atoms with Crippen LogP contribution in [0.25, 0.3) is 0 Å². The maximum Gasteiger partial charge on any atom is 0.0855 e. The quantitative estimate of drug-likeness (QED) is 0.817. The van der Waals surface area contributed by atoms with E-state index in [1.54, 1.807) is 18.6 Å². The molecule has 5 nitrogen and oxygen atoms in total. The minimum atomic E-state index is 0.143. The molecule has 1 saturated heterocycles. The Morgan fingerprint density at radius 2 is 2.26 bits per heavy atom. The van der Waals surface area contributed by atoms with Crippen LogP contribution in [0.1, 0.15) is 25.0 Å². The molecule has 6 heteroatoms. The van der Waals surface area contributed by atoms with Gasteiger partial charge in [0.1, 0.15) is 0 Å². The molecule has 1 aliphatic heterocycles. The van der Waals surface area contributed by atoms with E-state index >= 15 is 0 Å². The highest BCUT2D eigenvalue weighted by Gasteiger charge is 2.17. The van der Waals surface area contributed by atoms with Crippen LogP contribution in [0.15, 0.2) is 18.6 Å². The van der Waals surface area contributed by atoms with E-state index in [9.17, 15) is 0 Å². The standard InChI is InChI=1S/C13H20N4OS/c1-2-11(12-9-14-3-4-15-12)13(19)16-10-17-5-7-18-8-6-17/h3-4,9,11H,2,5-8,10H2,1H3,(H,16,19). The third-order valence-corrected chi connectivity index (χ3v) is 3.67. The number of nitrogens with one attached hydrogen (secondary N) is 1. The molecular weight excluding hydrogens is 260 g/mol. The van der Waals surface area contributed by atoms with Gasteiger partial charge in [-0.15, -0.1) is 0 Å². The van der Waals surface area contributed by atoms with Gasteiger partial charge in [-0.1, -0.05) is 19.1 Å². The zero-order valence-corrected chi connectivity index (χ0v) is 12.0. The predicted molar refractivity (Wildman–Crippen MR) is 78.1 cm³/mol. The summed E-state index contributed by atoms with van der Waals surface area (Å²) in [5, 5.41) is 3.34. The average molecular weight is 280 g/mol. The summed E-state index contributed by atoms with van der Waals surface area (Å²) in [6.07, 6.45) is 6.10. The molecule has 0 radical (unpaired) electrons. The fourth-order valence-corrected chi connectivity index (χ4v) is 2.44. The molecule has 0 bridgehead atoms. The van der Waals surface area contributed by atoms with Crippen molar-refractivity contribution in [2.75, 3.05) is 33.0 Å². The van der Waals surface area contributed by atoms with Gasteiger partial charge in [-0.05, 0) is 6.42 Å². The van der Waals surface area contributed by atoms with E-state index in [0.29, 0.717) is 0 Å². The van der Waals surface area contributed by atoms with E-state index in [1.807, 2.05) is 0 Å². The minimum Gasteiger partial charge on any atom is -0.379 e. The lowest BCUT2D eigenvalue weighted by atomic mass is 10.0. The van der Waals surface area contributed by atoms with Crippen LogP contribution in [-0.2, 0) is 4.74 Å². The normalized spacial score (nSPS) is 17.9. The molecule has 1 aromatic rings. The monoisotopic (exact) mass is 280 g/mol. The zero-order valence-electron chi connectivity index (χ0n) is 11.2. The number of hydrogen-bond acceptors (Lipinski definition) is 5. The first-order valence-corrected chi connectivity index (χ1v) is 7.05. The highest BCUT2D eigenvalue weighted by Crippen LogP contribution is 2.17. The lowest BCUT2D eigenvalue weighted by Crippen LogP contribution is -2.44. The van der Waals surface area contributed by atoms with Crippen molar-refractivity contribution < 1.29 is 4.74 Å². The Balaban J connectivity index is 1.86. The van der Waals surface area contributed by atoms with Gasteiger partial charge >= 0.3 is 0 Å². The van der Waals surface area contributed by atoms with Gasteiger partial charge in [0, 0.05) is 31.7 Å². The predicted octanol–water partition coefficient (Wildman–Crippen LogP) is 1.18. The van der Waals surface area contributed by atoms with Gasteiger partial charge in [-0.25, -0.2) is 0 Å². The molecule has 104 valence electrons. The molecule has 0 saturated carbocycles. The van der Waals surface area contributed by atoms with E-state index in [4.69, 9.17) is 17.0 Å². The van der Waals surface area contributed by atoms with Crippen molar-refractivity contribution in [3.05, 3.63) is 24.3 Å². The number of ether oxygens (including phenoxy) is 1. The van der Waals surface area contributed by atoms with Gasteiger partial charge in [0.25, 0.3) is 0 Å². The van der Waals surface area contributed by atoms with Crippen LogP contribution in [0.2, 0.25) is 0 Å². The molecule has 0 aliphatic carbocycles. The van der Waals surface area contributed by atoms with Crippen LogP contribution in [0.4, 0.5) is 0 Å². The van der Waals surface area contributed by atoms with Crippen molar-refractivity contribution in [2.24, 2.45) is 0 Å². The Hall–Kier alpha value is -1.11. The number of aromatic nitrogens is 2. The van der Waals surface area contributed by atoms with Crippen LogP contribution in [0.5, 0.6) is 0 Å². The number of rotatable bonds is 5. The van der Waals surface area contributed by atoms with E-state index in [0.717, 1.165) is 50.1 Å². The molecule has 1 fully saturated rings. The van der Waals surface area contributed by atoms with Gasteiger partial charge < -0.3 is 10.1 Å². The van der Waals surface area contributed by atoms with Crippen LogP contribution >= 0.6 is 12.2 Å². The van der Waals surface area contributed by atoms with Crippen molar-refractivity contribution in [1.29, 1.82) is 0 Å². The first-order valence-electron chi connectivity index (χ1n) is 6.65. The zero-order chi connectivity index (χ0) is 13.5.